The van der Waals surface area contributed by atoms with Gasteiger partial charge in [0.1, 0.15) is 0 Å². The van der Waals surface area contributed by atoms with Crippen LogP contribution in [-0.2, 0) is 4.74 Å². The van der Waals surface area contributed by atoms with Crippen LogP contribution in [0.2, 0.25) is 0 Å². The Kier molecular flexibility index (Phi) is 5.70. The third kappa shape index (κ3) is 4.19. The summed E-state index contributed by atoms with van der Waals surface area (Å²) in [6, 6.07) is 0. The van der Waals surface area contributed by atoms with Gasteiger partial charge in [-0.05, 0) is 76.3 Å². The zero-order valence-electron chi connectivity index (χ0n) is 13.2. The van der Waals surface area contributed by atoms with Crippen LogP contribution in [0.4, 0.5) is 0 Å². The molecule has 2 nitrogen and oxygen atoms in total. The first kappa shape index (κ1) is 15.3. The van der Waals surface area contributed by atoms with Crippen molar-refractivity contribution in [3.63, 3.8) is 0 Å². The van der Waals surface area contributed by atoms with E-state index in [-0.39, 0.29) is 5.60 Å². The molecule has 0 radical (unpaired) electrons. The Morgan fingerprint density at radius 1 is 1.11 bits per heavy atom. The second-order valence-corrected chi connectivity index (χ2v) is 7.04. The number of hydrogen-bond donors (Lipinski definition) is 1. The molecular weight excluding hydrogens is 234 g/mol. The Bertz CT molecular complexity index is 262. The van der Waals surface area contributed by atoms with Crippen LogP contribution in [0.3, 0.4) is 0 Å². The van der Waals surface area contributed by atoms with Gasteiger partial charge in [-0.15, -0.1) is 0 Å². The van der Waals surface area contributed by atoms with Crippen LogP contribution in [0, 0.1) is 11.8 Å². The summed E-state index contributed by atoms with van der Waals surface area (Å²) in [7, 11) is 0. The molecule has 0 aromatic carbocycles. The summed E-state index contributed by atoms with van der Waals surface area (Å²) in [6.45, 7) is 9.30. The monoisotopic (exact) mass is 267 g/mol. The SMILES string of the molecule is CCCNCCC1(OC2CCC(C)C(C)C2)CCC1. The molecule has 0 aliphatic heterocycles. The first-order valence-corrected chi connectivity index (χ1v) is 8.54. The van der Waals surface area contributed by atoms with Crippen molar-refractivity contribution in [1.82, 2.24) is 5.32 Å². The van der Waals surface area contributed by atoms with Crippen molar-refractivity contribution in [3.8, 4) is 0 Å². The van der Waals surface area contributed by atoms with Crippen LogP contribution in [0.15, 0.2) is 0 Å². The third-order valence-corrected chi connectivity index (χ3v) is 5.42. The highest BCUT2D eigenvalue weighted by Crippen LogP contribution is 2.42. The Labute approximate surface area is 119 Å². The molecule has 0 bridgehead atoms. The summed E-state index contributed by atoms with van der Waals surface area (Å²) in [6.07, 6.45) is 10.9. The van der Waals surface area contributed by atoms with E-state index in [2.05, 4.69) is 26.1 Å². The van der Waals surface area contributed by atoms with Crippen LogP contribution in [0.5, 0.6) is 0 Å². The molecule has 1 N–H and O–H groups in total. The van der Waals surface area contributed by atoms with E-state index in [1.807, 2.05) is 0 Å². The number of rotatable bonds is 7. The van der Waals surface area contributed by atoms with Gasteiger partial charge in [0.15, 0.2) is 0 Å². The minimum atomic E-state index is 0.242. The molecule has 2 saturated carbocycles. The molecule has 112 valence electrons. The Morgan fingerprint density at radius 2 is 1.89 bits per heavy atom. The first-order valence-electron chi connectivity index (χ1n) is 8.54. The van der Waals surface area contributed by atoms with Gasteiger partial charge in [0.2, 0.25) is 0 Å². The van der Waals surface area contributed by atoms with Crippen LogP contribution < -0.4 is 5.32 Å². The van der Waals surface area contributed by atoms with E-state index in [1.54, 1.807) is 0 Å². The second-order valence-electron chi connectivity index (χ2n) is 7.04. The zero-order valence-corrected chi connectivity index (χ0v) is 13.2. The highest BCUT2D eigenvalue weighted by molar-refractivity contribution is 4.92. The van der Waals surface area contributed by atoms with Crippen LogP contribution in [-0.4, -0.2) is 24.8 Å². The molecule has 0 saturated heterocycles. The smallest absolute Gasteiger partial charge is 0.0698 e. The van der Waals surface area contributed by atoms with E-state index < -0.39 is 0 Å². The van der Waals surface area contributed by atoms with E-state index in [9.17, 15) is 0 Å². The van der Waals surface area contributed by atoms with Gasteiger partial charge in [-0.3, -0.25) is 0 Å². The van der Waals surface area contributed by atoms with Gasteiger partial charge in [-0.25, -0.2) is 0 Å². The molecule has 2 aliphatic rings. The summed E-state index contributed by atoms with van der Waals surface area (Å²) >= 11 is 0. The largest absolute Gasteiger partial charge is 0.372 e. The predicted octanol–water partition coefficient (Wildman–Crippen LogP) is 4.14. The Hall–Kier alpha value is -0.0800. The van der Waals surface area contributed by atoms with Gasteiger partial charge in [0.25, 0.3) is 0 Å². The van der Waals surface area contributed by atoms with Crippen molar-refractivity contribution in [2.75, 3.05) is 13.1 Å². The van der Waals surface area contributed by atoms with Gasteiger partial charge in [-0.2, -0.15) is 0 Å². The highest BCUT2D eigenvalue weighted by Gasteiger charge is 2.40. The van der Waals surface area contributed by atoms with E-state index >= 15 is 0 Å². The lowest BCUT2D eigenvalue weighted by atomic mass is 9.75. The maximum absolute atomic E-state index is 6.57. The van der Waals surface area contributed by atoms with Gasteiger partial charge in [0, 0.05) is 0 Å². The number of nitrogens with one attached hydrogen (secondary N) is 1. The Balaban J connectivity index is 1.75. The van der Waals surface area contributed by atoms with E-state index in [0.717, 1.165) is 24.9 Å². The normalized spacial score (nSPS) is 33.9. The molecule has 2 fully saturated rings. The standard InChI is InChI=1S/C17H33NO/c1-4-11-18-12-10-17(8-5-9-17)19-16-7-6-14(2)15(3)13-16/h14-16,18H,4-13H2,1-3H3. The van der Waals surface area contributed by atoms with Gasteiger partial charge in [-0.1, -0.05) is 20.8 Å². The highest BCUT2D eigenvalue weighted by atomic mass is 16.5. The minimum Gasteiger partial charge on any atom is -0.372 e. The molecule has 0 aromatic heterocycles. The summed E-state index contributed by atoms with van der Waals surface area (Å²) in [4.78, 5) is 0. The fraction of sp³-hybridized carbons (Fsp3) is 1.00. The summed E-state index contributed by atoms with van der Waals surface area (Å²) in [5.74, 6) is 1.73. The lowest BCUT2D eigenvalue weighted by molar-refractivity contribution is -0.158. The van der Waals surface area contributed by atoms with Gasteiger partial charge >= 0.3 is 0 Å². The lowest BCUT2D eigenvalue weighted by Gasteiger charge is -2.46. The third-order valence-electron chi connectivity index (χ3n) is 5.42. The molecule has 2 heteroatoms. The van der Waals surface area contributed by atoms with Crippen molar-refractivity contribution in [2.24, 2.45) is 11.8 Å². The van der Waals surface area contributed by atoms with E-state index in [4.69, 9.17) is 4.74 Å². The molecule has 2 rings (SSSR count). The lowest BCUT2D eigenvalue weighted by Crippen LogP contribution is -2.46. The number of hydrogen-bond acceptors (Lipinski definition) is 2. The fourth-order valence-electron chi connectivity index (χ4n) is 3.57. The van der Waals surface area contributed by atoms with Crippen molar-refractivity contribution >= 4 is 0 Å². The quantitative estimate of drug-likeness (QED) is 0.700. The summed E-state index contributed by atoms with van der Waals surface area (Å²) in [5, 5.41) is 3.53. The molecule has 3 unspecified atom stereocenters. The molecule has 0 aromatic rings. The molecule has 0 heterocycles. The molecule has 0 spiro atoms. The summed E-state index contributed by atoms with van der Waals surface area (Å²) in [5.41, 5.74) is 0.242. The van der Waals surface area contributed by atoms with Crippen molar-refractivity contribution in [3.05, 3.63) is 0 Å². The average Bonchev–Trinajstić information content (AvgIpc) is 2.35. The van der Waals surface area contributed by atoms with Crippen LogP contribution in [0.1, 0.15) is 72.1 Å². The van der Waals surface area contributed by atoms with Crippen molar-refractivity contribution in [1.29, 1.82) is 0 Å². The molecular formula is C17H33NO. The predicted molar refractivity (Wildman–Crippen MR) is 81.4 cm³/mol. The maximum atomic E-state index is 6.57. The van der Waals surface area contributed by atoms with Crippen molar-refractivity contribution < 1.29 is 4.74 Å². The second kappa shape index (κ2) is 7.08. The van der Waals surface area contributed by atoms with Gasteiger partial charge in [0.05, 0.1) is 11.7 Å². The van der Waals surface area contributed by atoms with Crippen molar-refractivity contribution in [2.45, 2.75) is 83.8 Å². The van der Waals surface area contributed by atoms with Crippen LogP contribution >= 0.6 is 0 Å². The van der Waals surface area contributed by atoms with E-state index in [1.165, 1.54) is 51.4 Å². The summed E-state index contributed by atoms with van der Waals surface area (Å²) < 4.78 is 6.57. The average molecular weight is 267 g/mol. The molecule has 2 aliphatic carbocycles. The fourth-order valence-corrected chi connectivity index (χ4v) is 3.57. The topological polar surface area (TPSA) is 21.3 Å². The maximum Gasteiger partial charge on any atom is 0.0698 e. The van der Waals surface area contributed by atoms with E-state index in [0.29, 0.717) is 6.10 Å². The molecule has 19 heavy (non-hydrogen) atoms. The molecule has 0 amide bonds. The molecule has 3 atom stereocenters. The number of ether oxygens (including phenoxy) is 1. The zero-order chi connectivity index (χ0) is 13.7. The Morgan fingerprint density at radius 3 is 2.47 bits per heavy atom. The first-order chi connectivity index (χ1) is 9.15. The van der Waals surface area contributed by atoms with Crippen LogP contribution in [0.25, 0.3) is 0 Å². The van der Waals surface area contributed by atoms with Gasteiger partial charge < -0.3 is 10.1 Å². The minimum absolute atomic E-state index is 0.242.